The molecule has 8 heteroatoms. The molecule has 1 heterocycles. The summed E-state index contributed by atoms with van der Waals surface area (Å²) in [4.78, 5) is 2.28. The van der Waals surface area contributed by atoms with E-state index in [1.807, 2.05) is 14.1 Å². The Morgan fingerprint density at radius 3 is 2.55 bits per heavy atom. The van der Waals surface area contributed by atoms with Crippen LogP contribution < -0.4 is 11.1 Å². The standard InChI is InChI=1S/C12H22N4O2S2/c1-12(2,16(3)4)7-14-11-9(10(13)15-19-11)20(17,18)8-5-6-8/h8,14H,5-7H2,1-4H3,(H2,13,15). The highest BCUT2D eigenvalue weighted by molar-refractivity contribution is 7.92. The summed E-state index contributed by atoms with van der Waals surface area (Å²) in [5.74, 6) is 0.118. The summed E-state index contributed by atoms with van der Waals surface area (Å²) in [6.45, 7) is 4.79. The second-order valence-electron chi connectivity index (χ2n) is 6.03. The van der Waals surface area contributed by atoms with Crippen LogP contribution in [0.2, 0.25) is 0 Å². The number of likely N-dealkylation sites (N-methyl/N-ethyl adjacent to an activating group) is 1. The van der Waals surface area contributed by atoms with E-state index in [-0.39, 0.29) is 21.5 Å². The molecule has 20 heavy (non-hydrogen) atoms. The number of nitrogens with one attached hydrogen (secondary N) is 1. The third kappa shape index (κ3) is 2.91. The van der Waals surface area contributed by atoms with Gasteiger partial charge in [-0.05, 0) is 52.3 Å². The number of hydrogen-bond donors (Lipinski definition) is 2. The number of aromatic nitrogens is 1. The van der Waals surface area contributed by atoms with Crippen molar-refractivity contribution in [2.75, 3.05) is 31.7 Å². The predicted octanol–water partition coefficient (Wildman–Crippen LogP) is 1.41. The predicted molar refractivity (Wildman–Crippen MR) is 83.0 cm³/mol. The Morgan fingerprint density at radius 2 is 2.05 bits per heavy atom. The van der Waals surface area contributed by atoms with Crippen LogP contribution in [0.15, 0.2) is 4.90 Å². The lowest BCUT2D eigenvalue weighted by atomic mass is 10.0. The van der Waals surface area contributed by atoms with Crippen LogP contribution in [-0.4, -0.2) is 49.1 Å². The van der Waals surface area contributed by atoms with Crippen LogP contribution in [0.3, 0.4) is 0 Å². The summed E-state index contributed by atoms with van der Waals surface area (Å²) in [6, 6.07) is 0. The van der Waals surface area contributed by atoms with E-state index in [0.29, 0.717) is 11.5 Å². The second kappa shape index (κ2) is 5.16. The van der Waals surface area contributed by atoms with Crippen molar-refractivity contribution < 1.29 is 8.42 Å². The smallest absolute Gasteiger partial charge is 0.187 e. The van der Waals surface area contributed by atoms with E-state index >= 15 is 0 Å². The molecule has 1 aromatic rings. The highest BCUT2D eigenvalue weighted by Crippen LogP contribution is 2.41. The van der Waals surface area contributed by atoms with Crippen LogP contribution in [0.5, 0.6) is 0 Å². The Kier molecular flexibility index (Phi) is 4.01. The fourth-order valence-corrected chi connectivity index (χ4v) is 4.56. The number of nitrogens with zero attached hydrogens (tertiary/aromatic N) is 2. The summed E-state index contributed by atoms with van der Waals surface area (Å²) in [6.07, 6.45) is 1.44. The first kappa shape index (κ1) is 15.5. The van der Waals surface area contributed by atoms with Gasteiger partial charge in [0.1, 0.15) is 9.90 Å². The first-order chi connectivity index (χ1) is 9.16. The number of anilines is 2. The molecule has 0 bridgehead atoms. The second-order valence-corrected chi connectivity index (χ2v) is 8.97. The summed E-state index contributed by atoms with van der Waals surface area (Å²) in [5.41, 5.74) is 5.66. The number of rotatable bonds is 6. The van der Waals surface area contributed by atoms with Gasteiger partial charge in [-0.2, -0.15) is 4.37 Å². The van der Waals surface area contributed by atoms with Gasteiger partial charge in [-0.15, -0.1) is 0 Å². The third-order valence-corrected chi connectivity index (χ3v) is 7.09. The minimum atomic E-state index is -3.32. The molecule has 0 atom stereocenters. The topological polar surface area (TPSA) is 88.3 Å². The van der Waals surface area contributed by atoms with E-state index in [0.717, 1.165) is 24.4 Å². The summed E-state index contributed by atoms with van der Waals surface area (Å²) >= 11 is 1.12. The van der Waals surface area contributed by atoms with Crippen molar-refractivity contribution in [3.8, 4) is 0 Å². The quantitative estimate of drug-likeness (QED) is 0.824. The van der Waals surface area contributed by atoms with Crippen LogP contribution in [0.25, 0.3) is 0 Å². The normalized spacial score (nSPS) is 16.6. The van der Waals surface area contributed by atoms with E-state index in [1.54, 1.807) is 0 Å². The van der Waals surface area contributed by atoms with Gasteiger partial charge in [0.15, 0.2) is 15.7 Å². The number of nitrogens with two attached hydrogens (primary N) is 1. The minimum absolute atomic E-state index is 0.0979. The average molecular weight is 318 g/mol. The molecule has 0 radical (unpaired) electrons. The SMILES string of the molecule is CN(C)C(C)(C)CNc1snc(N)c1S(=O)(=O)C1CC1. The van der Waals surface area contributed by atoms with Crippen molar-refractivity contribution in [1.29, 1.82) is 0 Å². The molecule has 0 saturated heterocycles. The molecule has 1 fully saturated rings. The lowest BCUT2D eigenvalue weighted by Crippen LogP contribution is -2.44. The molecule has 1 aliphatic carbocycles. The summed E-state index contributed by atoms with van der Waals surface area (Å²) < 4.78 is 28.8. The molecule has 1 saturated carbocycles. The fraction of sp³-hybridized carbons (Fsp3) is 0.750. The molecule has 0 unspecified atom stereocenters. The zero-order chi connectivity index (χ0) is 15.1. The first-order valence-electron chi connectivity index (χ1n) is 6.56. The maximum absolute atomic E-state index is 12.4. The Bertz CT molecular complexity index is 589. The molecule has 0 spiro atoms. The van der Waals surface area contributed by atoms with Gasteiger partial charge in [0.2, 0.25) is 0 Å². The van der Waals surface area contributed by atoms with Gasteiger partial charge in [-0.1, -0.05) is 0 Å². The van der Waals surface area contributed by atoms with E-state index < -0.39 is 9.84 Å². The van der Waals surface area contributed by atoms with Gasteiger partial charge in [0.25, 0.3) is 0 Å². The molecule has 3 N–H and O–H groups in total. The van der Waals surface area contributed by atoms with Crippen molar-refractivity contribution in [2.24, 2.45) is 0 Å². The number of hydrogen-bond acceptors (Lipinski definition) is 7. The van der Waals surface area contributed by atoms with E-state index in [9.17, 15) is 8.42 Å². The van der Waals surface area contributed by atoms with Crippen LogP contribution in [0.4, 0.5) is 10.8 Å². The van der Waals surface area contributed by atoms with Gasteiger partial charge in [0, 0.05) is 12.1 Å². The Hall–Kier alpha value is -0.860. The molecular weight excluding hydrogens is 296 g/mol. The highest BCUT2D eigenvalue weighted by atomic mass is 32.2. The minimum Gasteiger partial charge on any atom is -0.382 e. The van der Waals surface area contributed by atoms with Gasteiger partial charge in [-0.3, -0.25) is 0 Å². The van der Waals surface area contributed by atoms with Gasteiger partial charge in [0.05, 0.1) is 5.25 Å². The average Bonchev–Trinajstić information content (AvgIpc) is 3.11. The molecule has 6 nitrogen and oxygen atoms in total. The number of nitrogen functional groups attached to an aromatic ring is 1. The van der Waals surface area contributed by atoms with E-state index in [1.165, 1.54) is 0 Å². The summed E-state index contributed by atoms with van der Waals surface area (Å²) in [5, 5.41) is 3.48. The zero-order valence-corrected chi connectivity index (χ0v) is 13.9. The van der Waals surface area contributed by atoms with Crippen molar-refractivity contribution in [3.05, 3.63) is 0 Å². The van der Waals surface area contributed by atoms with Crippen LogP contribution in [0, 0.1) is 0 Å². The van der Waals surface area contributed by atoms with Crippen molar-refractivity contribution in [3.63, 3.8) is 0 Å². The van der Waals surface area contributed by atoms with Gasteiger partial charge < -0.3 is 16.0 Å². The largest absolute Gasteiger partial charge is 0.382 e. The first-order valence-corrected chi connectivity index (χ1v) is 8.88. The van der Waals surface area contributed by atoms with Crippen LogP contribution >= 0.6 is 11.5 Å². The lowest BCUT2D eigenvalue weighted by Gasteiger charge is -2.32. The molecule has 114 valence electrons. The monoisotopic (exact) mass is 318 g/mol. The van der Waals surface area contributed by atoms with Crippen molar-refractivity contribution in [1.82, 2.24) is 9.27 Å². The Labute approximate surface area is 124 Å². The molecule has 1 aliphatic rings. The Morgan fingerprint density at radius 1 is 1.45 bits per heavy atom. The van der Waals surface area contributed by atoms with Crippen molar-refractivity contribution >= 4 is 32.2 Å². The molecule has 0 aromatic carbocycles. The third-order valence-electron chi connectivity index (χ3n) is 3.81. The molecular formula is C12H22N4O2S2. The lowest BCUT2D eigenvalue weighted by molar-refractivity contribution is 0.210. The van der Waals surface area contributed by atoms with E-state index in [2.05, 4.69) is 28.4 Å². The van der Waals surface area contributed by atoms with Crippen LogP contribution in [-0.2, 0) is 9.84 Å². The highest BCUT2D eigenvalue weighted by Gasteiger charge is 2.41. The molecule has 0 amide bonds. The van der Waals surface area contributed by atoms with Crippen molar-refractivity contribution in [2.45, 2.75) is 42.4 Å². The summed E-state index contributed by atoms with van der Waals surface area (Å²) in [7, 11) is 0.656. The zero-order valence-electron chi connectivity index (χ0n) is 12.3. The van der Waals surface area contributed by atoms with Crippen LogP contribution in [0.1, 0.15) is 26.7 Å². The molecule has 0 aliphatic heterocycles. The van der Waals surface area contributed by atoms with Gasteiger partial charge in [-0.25, -0.2) is 8.42 Å². The number of sulfone groups is 1. The maximum atomic E-state index is 12.4. The molecule has 1 aromatic heterocycles. The van der Waals surface area contributed by atoms with E-state index in [4.69, 9.17) is 5.73 Å². The molecule has 2 rings (SSSR count). The maximum Gasteiger partial charge on any atom is 0.187 e. The fourth-order valence-electron chi connectivity index (χ4n) is 1.68. The van der Waals surface area contributed by atoms with Gasteiger partial charge >= 0.3 is 0 Å². The Balaban J connectivity index is 2.22.